The third-order valence-electron chi connectivity index (χ3n) is 3.56. The van der Waals surface area contributed by atoms with Gasteiger partial charge in [-0.1, -0.05) is 36.9 Å². The van der Waals surface area contributed by atoms with E-state index < -0.39 is 0 Å². The predicted octanol–water partition coefficient (Wildman–Crippen LogP) is 2.50. The zero-order valence-electron chi connectivity index (χ0n) is 10.4. The van der Waals surface area contributed by atoms with Gasteiger partial charge >= 0.3 is 0 Å². The molecule has 0 bridgehead atoms. The lowest BCUT2D eigenvalue weighted by Gasteiger charge is -2.32. The van der Waals surface area contributed by atoms with Crippen molar-refractivity contribution in [3.05, 3.63) is 42.0 Å². The van der Waals surface area contributed by atoms with Crippen LogP contribution in [-0.2, 0) is 6.54 Å². The highest BCUT2D eigenvalue weighted by Gasteiger charge is 2.18. The van der Waals surface area contributed by atoms with E-state index >= 15 is 0 Å². The first-order chi connectivity index (χ1) is 8.31. The number of hydrogen-bond donors (Lipinski definition) is 1. The molecule has 92 valence electrons. The van der Waals surface area contributed by atoms with Gasteiger partial charge in [-0.25, -0.2) is 0 Å². The van der Waals surface area contributed by atoms with E-state index in [1.54, 1.807) is 0 Å². The maximum Gasteiger partial charge on any atom is 0.0233 e. The molecule has 1 saturated heterocycles. The van der Waals surface area contributed by atoms with Crippen molar-refractivity contribution in [1.82, 2.24) is 4.90 Å². The van der Waals surface area contributed by atoms with Gasteiger partial charge in [0.15, 0.2) is 0 Å². The lowest BCUT2D eigenvalue weighted by atomic mass is 9.98. The van der Waals surface area contributed by atoms with Gasteiger partial charge in [0.25, 0.3) is 0 Å². The zero-order chi connectivity index (χ0) is 12.1. The molecule has 1 heterocycles. The summed E-state index contributed by atoms with van der Waals surface area (Å²) in [7, 11) is 0. The van der Waals surface area contributed by atoms with Gasteiger partial charge in [-0.15, -0.1) is 0 Å². The van der Waals surface area contributed by atoms with Crippen molar-refractivity contribution in [3.8, 4) is 0 Å². The Balaban J connectivity index is 1.92. The number of benzene rings is 1. The minimum absolute atomic E-state index is 0.691. The summed E-state index contributed by atoms with van der Waals surface area (Å²) in [4.78, 5) is 2.52. The number of rotatable bonds is 4. The Morgan fingerprint density at radius 2 is 2.12 bits per heavy atom. The first-order valence-electron chi connectivity index (χ1n) is 6.45. The SMILES string of the molecule is C=Cc1ccc(CN2CCCC(CN)C2)cc1. The van der Waals surface area contributed by atoms with Crippen LogP contribution in [0.5, 0.6) is 0 Å². The van der Waals surface area contributed by atoms with Crippen molar-refractivity contribution >= 4 is 6.08 Å². The zero-order valence-corrected chi connectivity index (χ0v) is 10.4. The topological polar surface area (TPSA) is 29.3 Å². The highest BCUT2D eigenvalue weighted by Crippen LogP contribution is 2.17. The van der Waals surface area contributed by atoms with Crippen LogP contribution in [0.3, 0.4) is 0 Å². The van der Waals surface area contributed by atoms with E-state index in [-0.39, 0.29) is 0 Å². The number of piperidine rings is 1. The Morgan fingerprint density at radius 3 is 2.76 bits per heavy atom. The Bertz CT molecular complexity index is 356. The van der Waals surface area contributed by atoms with Crippen LogP contribution in [0.15, 0.2) is 30.8 Å². The molecule has 0 saturated carbocycles. The van der Waals surface area contributed by atoms with Crippen LogP contribution in [0.4, 0.5) is 0 Å². The fourth-order valence-corrected chi connectivity index (χ4v) is 2.50. The van der Waals surface area contributed by atoms with Gasteiger partial charge in [-0.3, -0.25) is 4.90 Å². The van der Waals surface area contributed by atoms with Gasteiger partial charge in [-0.2, -0.15) is 0 Å². The summed E-state index contributed by atoms with van der Waals surface area (Å²) in [6.45, 7) is 8.01. The summed E-state index contributed by atoms with van der Waals surface area (Å²) in [5.41, 5.74) is 8.33. The van der Waals surface area contributed by atoms with Gasteiger partial charge in [0, 0.05) is 13.1 Å². The van der Waals surface area contributed by atoms with Crippen LogP contribution >= 0.6 is 0 Å². The van der Waals surface area contributed by atoms with Gasteiger partial charge < -0.3 is 5.73 Å². The van der Waals surface area contributed by atoms with Crippen LogP contribution in [0.25, 0.3) is 6.08 Å². The number of likely N-dealkylation sites (tertiary alicyclic amines) is 1. The molecule has 0 radical (unpaired) electrons. The number of nitrogens with two attached hydrogens (primary N) is 1. The molecule has 1 unspecified atom stereocenters. The van der Waals surface area contributed by atoms with Crippen molar-refractivity contribution in [1.29, 1.82) is 0 Å². The van der Waals surface area contributed by atoms with Gasteiger partial charge in [0.2, 0.25) is 0 Å². The average molecular weight is 230 g/mol. The summed E-state index contributed by atoms with van der Waals surface area (Å²) in [5, 5.41) is 0. The molecule has 0 spiro atoms. The molecule has 2 heteroatoms. The first-order valence-corrected chi connectivity index (χ1v) is 6.45. The second kappa shape index (κ2) is 5.99. The van der Waals surface area contributed by atoms with Crippen molar-refractivity contribution < 1.29 is 0 Å². The molecule has 0 aliphatic carbocycles. The third kappa shape index (κ3) is 3.42. The molecule has 1 atom stereocenters. The van der Waals surface area contributed by atoms with E-state index in [1.165, 1.54) is 30.5 Å². The molecule has 0 amide bonds. The summed E-state index contributed by atoms with van der Waals surface area (Å²) in [5.74, 6) is 0.691. The second-order valence-corrected chi connectivity index (χ2v) is 4.92. The van der Waals surface area contributed by atoms with Crippen LogP contribution in [0, 0.1) is 5.92 Å². The van der Waals surface area contributed by atoms with Crippen LogP contribution in [-0.4, -0.2) is 24.5 Å². The molecule has 1 aliphatic heterocycles. The molecule has 1 aromatic rings. The molecule has 2 N–H and O–H groups in total. The number of hydrogen-bond acceptors (Lipinski definition) is 2. The Labute approximate surface area is 104 Å². The van der Waals surface area contributed by atoms with Crippen molar-refractivity contribution in [2.24, 2.45) is 11.7 Å². The van der Waals surface area contributed by atoms with Crippen molar-refractivity contribution in [2.45, 2.75) is 19.4 Å². The lowest BCUT2D eigenvalue weighted by Crippen LogP contribution is -2.37. The molecule has 17 heavy (non-hydrogen) atoms. The van der Waals surface area contributed by atoms with E-state index in [2.05, 4.69) is 35.7 Å². The fraction of sp³-hybridized carbons (Fsp3) is 0.467. The summed E-state index contributed by atoms with van der Waals surface area (Å²) in [6.07, 6.45) is 4.46. The Morgan fingerprint density at radius 1 is 1.35 bits per heavy atom. The molecular formula is C15H22N2. The maximum atomic E-state index is 5.76. The average Bonchev–Trinajstić information content (AvgIpc) is 2.40. The van der Waals surface area contributed by atoms with E-state index in [1.807, 2.05) is 6.08 Å². The van der Waals surface area contributed by atoms with Crippen LogP contribution in [0.1, 0.15) is 24.0 Å². The minimum atomic E-state index is 0.691. The molecule has 2 nitrogen and oxygen atoms in total. The molecule has 2 rings (SSSR count). The largest absolute Gasteiger partial charge is 0.330 e. The van der Waals surface area contributed by atoms with E-state index in [0.29, 0.717) is 5.92 Å². The smallest absolute Gasteiger partial charge is 0.0233 e. The monoisotopic (exact) mass is 230 g/mol. The first kappa shape index (κ1) is 12.3. The highest BCUT2D eigenvalue weighted by molar-refractivity contribution is 5.47. The molecule has 1 fully saturated rings. The minimum Gasteiger partial charge on any atom is -0.330 e. The van der Waals surface area contributed by atoms with Gasteiger partial charge in [0.1, 0.15) is 0 Å². The predicted molar refractivity (Wildman–Crippen MR) is 73.6 cm³/mol. The van der Waals surface area contributed by atoms with Crippen LogP contribution in [0.2, 0.25) is 0 Å². The number of nitrogens with zero attached hydrogens (tertiary/aromatic N) is 1. The van der Waals surface area contributed by atoms with Crippen molar-refractivity contribution in [2.75, 3.05) is 19.6 Å². The quantitative estimate of drug-likeness (QED) is 0.861. The summed E-state index contributed by atoms with van der Waals surface area (Å²) >= 11 is 0. The van der Waals surface area contributed by atoms with Crippen molar-refractivity contribution in [3.63, 3.8) is 0 Å². The van der Waals surface area contributed by atoms with E-state index in [9.17, 15) is 0 Å². The normalized spacial score (nSPS) is 21.4. The molecule has 0 aromatic heterocycles. The summed E-state index contributed by atoms with van der Waals surface area (Å²) in [6, 6.07) is 8.66. The fourth-order valence-electron chi connectivity index (χ4n) is 2.50. The van der Waals surface area contributed by atoms with Crippen LogP contribution < -0.4 is 5.73 Å². The molecule has 1 aliphatic rings. The van der Waals surface area contributed by atoms with Gasteiger partial charge in [0.05, 0.1) is 0 Å². The highest BCUT2D eigenvalue weighted by atomic mass is 15.1. The lowest BCUT2D eigenvalue weighted by molar-refractivity contribution is 0.171. The standard InChI is InChI=1S/C15H22N2/c1-2-13-5-7-14(8-6-13)11-17-9-3-4-15(10-16)12-17/h2,5-8,15H,1,3-4,9-12,16H2. The molecular weight excluding hydrogens is 208 g/mol. The maximum absolute atomic E-state index is 5.76. The van der Waals surface area contributed by atoms with E-state index in [0.717, 1.165) is 19.6 Å². The Hall–Kier alpha value is -1.12. The third-order valence-corrected chi connectivity index (χ3v) is 3.56. The molecule has 1 aromatic carbocycles. The second-order valence-electron chi connectivity index (χ2n) is 4.92. The summed E-state index contributed by atoms with van der Waals surface area (Å²) < 4.78 is 0. The van der Waals surface area contributed by atoms with Gasteiger partial charge in [-0.05, 0) is 43.0 Å². The Kier molecular flexibility index (Phi) is 4.35. The van der Waals surface area contributed by atoms with E-state index in [4.69, 9.17) is 5.73 Å².